The fourth-order valence-corrected chi connectivity index (χ4v) is 5.85. The first-order valence-corrected chi connectivity index (χ1v) is 13.3. The first kappa shape index (κ1) is 26.5. The fraction of sp³-hybridized carbons (Fsp3) is 0.250. The molecular formula is C32H29ClFN3O2. The van der Waals surface area contributed by atoms with Crippen LogP contribution in [0.4, 0.5) is 10.1 Å². The quantitative estimate of drug-likeness (QED) is 0.367. The van der Waals surface area contributed by atoms with Gasteiger partial charge >= 0.3 is 0 Å². The number of benzene rings is 3. The zero-order valence-corrected chi connectivity index (χ0v) is 22.9. The van der Waals surface area contributed by atoms with Gasteiger partial charge in [0.1, 0.15) is 24.0 Å². The van der Waals surface area contributed by atoms with E-state index < -0.39 is 11.7 Å². The van der Waals surface area contributed by atoms with Crippen molar-refractivity contribution in [2.75, 3.05) is 4.90 Å². The van der Waals surface area contributed by atoms with Gasteiger partial charge in [0.25, 0.3) is 0 Å². The second-order valence-electron chi connectivity index (χ2n) is 10.1. The van der Waals surface area contributed by atoms with Gasteiger partial charge in [-0.3, -0.25) is 9.69 Å². The number of ether oxygens (including phenoxy) is 1. The van der Waals surface area contributed by atoms with Gasteiger partial charge in [-0.2, -0.15) is 5.26 Å². The molecule has 1 unspecified atom stereocenters. The van der Waals surface area contributed by atoms with Crippen LogP contribution in [-0.4, -0.2) is 5.78 Å². The Morgan fingerprint density at radius 1 is 1.08 bits per heavy atom. The van der Waals surface area contributed by atoms with E-state index in [1.54, 1.807) is 23.1 Å². The van der Waals surface area contributed by atoms with E-state index in [1.165, 1.54) is 12.1 Å². The van der Waals surface area contributed by atoms with Crippen LogP contribution in [0.2, 0.25) is 5.02 Å². The number of anilines is 1. The molecular weight excluding hydrogens is 513 g/mol. The lowest BCUT2D eigenvalue weighted by molar-refractivity contribution is -0.116. The van der Waals surface area contributed by atoms with E-state index in [9.17, 15) is 14.4 Å². The molecule has 2 N–H and O–H groups in total. The van der Waals surface area contributed by atoms with Crippen molar-refractivity contribution in [3.8, 4) is 11.8 Å². The van der Waals surface area contributed by atoms with E-state index in [4.69, 9.17) is 22.1 Å². The van der Waals surface area contributed by atoms with Crippen LogP contribution in [0.15, 0.2) is 77.3 Å². The van der Waals surface area contributed by atoms with Crippen LogP contribution >= 0.6 is 11.6 Å². The van der Waals surface area contributed by atoms with Crippen LogP contribution in [0.25, 0.3) is 0 Å². The number of Topliss-reactive ketones (excluding diaryl/α,β-unsaturated/α-hetero) is 1. The zero-order valence-electron chi connectivity index (χ0n) is 22.1. The second-order valence-corrected chi connectivity index (χ2v) is 10.6. The highest BCUT2D eigenvalue weighted by molar-refractivity contribution is 6.30. The fourth-order valence-electron chi connectivity index (χ4n) is 5.62. The Labute approximate surface area is 233 Å². The van der Waals surface area contributed by atoms with Crippen molar-refractivity contribution in [1.82, 2.24) is 0 Å². The molecule has 5 nitrogen and oxygen atoms in total. The summed E-state index contributed by atoms with van der Waals surface area (Å²) in [5.41, 5.74) is 13.4. The maximum atomic E-state index is 14.2. The molecule has 5 rings (SSSR count). The second kappa shape index (κ2) is 10.6. The molecule has 0 saturated carbocycles. The highest BCUT2D eigenvalue weighted by atomic mass is 35.5. The Hall–Kier alpha value is -4.08. The third kappa shape index (κ3) is 4.91. The summed E-state index contributed by atoms with van der Waals surface area (Å²) in [6.07, 6.45) is 1.66. The van der Waals surface area contributed by atoms with E-state index in [-0.39, 0.29) is 17.2 Å². The number of rotatable bonds is 5. The number of ketones is 1. The maximum absolute atomic E-state index is 14.2. The number of nitrogens with zero attached hydrogens (tertiary/aromatic N) is 2. The summed E-state index contributed by atoms with van der Waals surface area (Å²) in [5, 5.41) is 11.0. The molecule has 3 aromatic rings. The predicted molar refractivity (Wildman–Crippen MR) is 151 cm³/mol. The highest BCUT2D eigenvalue weighted by Gasteiger charge is 2.41. The van der Waals surface area contributed by atoms with Crippen molar-refractivity contribution in [2.24, 2.45) is 5.73 Å². The van der Waals surface area contributed by atoms with Gasteiger partial charge in [-0.25, -0.2) is 4.39 Å². The number of nitriles is 1. The number of nitrogens with two attached hydrogens (primary N) is 1. The van der Waals surface area contributed by atoms with Crippen molar-refractivity contribution in [2.45, 2.75) is 52.6 Å². The molecule has 1 heterocycles. The van der Waals surface area contributed by atoms with Crippen LogP contribution in [0.3, 0.4) is 0 Å². The Morgan fingerprint density at radius 2 is 1.87 bits per heavy atom. The van der Waals surface area contributed by atoms with Gasteiger partial charge in [-0.05, 0) is 97.8 Å². The molecule has 3 aromatic carbocycles. The molecule has 1 aliphatic carbocycles. The molecule has 0 amide bonds. The molecule has 1 atom stereocenters. The summed E-state index contributed by atoms with van der Waals surface area (Å²) in [6.45, 7) is 6.25. The SMILES string of the molecule is Cc1cc(C)c(C2C(C#N)=C(N)N(c3cccc(F)c3)C3=C2C(=O)CCC3)cc1COc1ccc(Cl)cc1C. The van der Waals surface area contributed by atoms with Gasteiger partial charge in [0, 0.05) is 22.7 Å². The Balaban J connectivity index is 1.62. The molecule has 1 aliphatic heterocycles. The van der Waals surface area contributed by atoms with Crippen molar-refractivity contribution < 1.29 is 13.9 Å². The standard InChI is InChI=1S/C32H29ClFN3O2/c1-18-12-19(2)25(14-21(18)17-39-29-11-10-22(33)13-20(29)3)30-26(16-35)32(36)37(24-7-4-6-23(34)15-24)27-8-5-9-28(38)31(27)30/h4,6-7,10-15,30H,5,8-9,17,36H2,1-3H3. The van der Waals surface area contributed by atoms with Gasteiger partial charge in [-0.1, -0.05) is 29.8 Å². The molecule has 0 radical (unpaired) electrons. The van der Waals surface area contributed by atoms with Gasteiger partial charge < -0.3 is 10.5 Å². The monoisotopic (exact) mass is 541 g/mol. The molecule has 198 valence electrons. The summed E-state index contributed by atoms with van der Waals surface area (Å²) in [5.74, 6) is -0.0911. The predicted octanol–water partition coefficient (Wildman–Crippen LogP) is 7.29. The van der Waals surface area contributed by atoms with E-state index in [0.29, 0.717) is 42.2 Å². The van der Waals surface area contributed by atoms with Crippen molar-refractivity contribution in [3.05, 3.63) is 116 Å². The van der Waals surface area contributed by atoms with E-state index in [1.807, 2.05) is 39.0 Å². The van der Waals surface area contributed by atoms with Crippen molar-refractivity contribution in [3.63, 3.8) is 0 Å². The number of hydrogen-bond donors (Lipinski definition) is 1. The van der Waals surface area contributed by atoms with Crippen LogP contribution in [0, 0.1) is 37.9 Å². The normalized spacial score (nSPS) is 17.3. The number of carbonyl (C=O) groups is 1. The minimum atomic E-state index is -0.612. The van der Waals surface area contributed by atoms with Gasteiger partial charge in [0.2, 0.25) is 0 Å². The largest absolute Gasteiger partial charge is 0.489 e. The summed E-state index contributed by atoms with van der Waals surface area (Å²) in [7, 11) is 0. The Bertz CT molecular complexity index is 1600. The minimum absolute atomic E-state index is 0.0162. The smallest absolute Gasteiger partial charge is 0.161 e. The van der Waals surface area contributed by atoms with Crippen LogP contribution in [0.5, 0.6) is 5.75 Å². The van der Waals surface area contributed by atoms with Crippen molar-refractivity contribution >= 4 is 23.1 Å². The van der Waals surface area contributed by atoms with Gasteiger partial charge in [0.15, 0.2) is 5.78 Å². The van der Waals surface area contributed by atoms with Crippen LogP contribution in [-0.2, 0) is 11.4 Å². The molecule has 0 saturated heterocycles. The van der Waals surface area contributed by atoms with E-state index in [2.05, 4.69) is 12.1 Å². The third-order valence-electron chi connectivity index (χ3n) is 7.54. The van der Waals surface area contributed by atoms with E-state index >= 15 is 0 Å². The van der Waals surface area contributed by atoms with E-state index in [0.717, 1.165) is 39.3 Å². The number of halogens is 2. The lowest BCUT2D eigenvalue weighted by atomic mass is 9.74. The third-order valence-corrected chi connectivity index (χ3v) is 7.77. The highest BCUT2D eigenvalue weighted by Crippen LogP contribution is 2.47. The minimum Gasteiger partial charge on any atom is -0.489 e. The molecule has 0 aromatic heterocycles. The lowest BCUT2D eigenvalue weighted by Crippen LogP contribution is -2.39. The average Bonchev–Trinajstić information content (AvgIpc) is 2.89. The lowest BCUT2D eigenvalue weighted by Gasteiger charge is -2.40. The summed E-state index contributed by atoms with van der Waals surface area (Å²) in [6, 6.07) is 17.9. The van der Waals surface area contributed by atoms with Gasteiger partial charge in [0.05, 0.1) is 23.2 Å². The molecule has 0 spiro atoms. The van der Waals surface area contributed by atoms with Crippen molar-refractivity contribution in [1.29, 1.82) is 5.26 Å². The summed E-state index contributed by atoms with van der Waals surface area (Å²) < 4.78 is 20.3. The first-order chi connectivity index (χ1) is 18.7. The number of aryl methyl sites for hydroxylation is 3. The molecule has 7 heteroatoms. The first-order valence-electron chi connectivity index (χ1n) is 12.9. The zero-order chi connectivity index (χ0) is 27.8. The number of allylic oxidation sites excluding steroid dienone is 3. The average molecular weight is 542 g/mol. The molecule has 39 heavy (non-hydrogen) atoms. The Morgan fingerprint density at radius 3 is 2.59 bits per heavy atom. The molecule has 0 fully saturated rings. The Kier molecular flexibility index (Phi) is 7.20. The summed E-state index contributed by atoms with van der Waals surface area (Å²) in [4.78, 5) is 15.2. The molecule has 2 aliphatic rings. The number of carbonyl (C=O) groups excluding carboxylic acids is 1. The molecule has 0 bridgehead atoms. The van der Waals surface area contributed by atoms with Crippen LogP contribution in [0.1, 0.15) is 53.0 Å². The maximum Gasteiger partial charge on any atom is 0.161 e. The number of hydrogen-bond acceptors (Lipinski definition) is 5. The van der Waals surface area contributed by atoms with Gasteiger partial charge in [-0.15, -0.1) is 0 Å². The topological polar surface area (TPSA) is 79.4 Å². The van der Waals surface area contributed by atoms with Crippen LogP contribution < -0.4 is 15.4 Å². The summed E-state index contributed by atoms with van der Waals surface area (Å²) >= 11 is 6.10.